The van der Waals surface area contributed by atoms with E-state index < -0.39 is 0 Å². The Morgan fingerprint density at radius 3 is 1.27 bits per heavy atom. The molecule has 6 heteroatoms. The smallest absolute Gasteiger partial charge is 0.137 e. The Bertz CT molecular complexity index is 752. The zero-order chi connectivity index (χ0) is 16.5. The predicted octanol–water partition coefficient (Wildman–Crippen LogP) is -0.848. The summed E-state index contributed by atoms with van der Waals surface area (Å²) >= 11 is 0. The van der Waals surface area contributed by atoms with Gasteiger partial charge in [0.1, 0.15) is 35.4 Å². The molecule has 22 heavy (non-hydrogen) atoms. The Labute approximate surface area is 127 Å². The van der Waals surface area contributed by atoms with Crippen molar-refractivity contribution in [2.24, 2.45) is 0 Å². The van der Waals surface area contributed by atoms with Crippen LogP contribution >= 0.6 is 0 Å². The molecule has 0 saturated carbocycles. The van der Waals surface area contributed by atoms with E-state index in [-0.39, 0.29) is 37.2 Å². The standard InChI is InChI=1S/C16H12N4O2/c17-7-13(8-18)15-6-12(2-4-22)16(14(9-19)10-20)5-11(15)1-3-21/h5-6,21-22H,1-4H2. The molecule has 0 radical (unpaired) electrons. The highest BCUT2D eigenvalue weighted by Gasteiger charge is 2.09. The van der Waals surface area contributed by atoms with Crippen LogP contribution < -0.4 is 10.4 Å². The molecule has 6 nitrogen and oxygen atoms in total. The molecule has 0 amide bonds. The molecular weight excluding hydrogens is 280 g/mol. The number of rotatable bonds is 4. The van der Waals surface area contributed by atoms with Crippen LogP contribution in [-0.2, 0) is 12.8 Å². The van der Waals surface area contributed by atoms with Crippen LogP contribution in [0.2, 0.25) is 0 Å². The molecule has 1 rings (SSSR count). The quantitative estimate of drug-likeness (QED) is 0.742. The van der Waals surface area contributed by atoms with E-state index in [1.807, 2.05) is 0 Å². The Hall–Kier alpha value is -3.16. The van der Waals surface area contributed by atoms with Gasteiger partial charge in [0.2, 0.25) is 0 Å². The minimum absolute atomic E-state index is 0.121. The summed E-state index contributed by atoms with van der Waals surface area (Å²) in [4.78, 5) is 0. The lowest BCUT2D eigenvalue weighted by Gasteiger charge is -2.07. The van der Waals surface area contributed by atoms with Crippen molar-refractivity contribution in [2.75, 3.05) is 13.2 Å². The average molecular weight is 292 g/mol. The van der Waals surface area contributed by atoms with Crippen LogP contribution in [0.1, 0.15) is 11.1 Å². The first kappa shape index (κ1) is 16.9. The van der Waals surface area contributed by atoms with Crippen LogP contribution in [0.25, 0.3) is 11.1 Å². The second-order valence-corrected chi connectivity index (χ2v) is 4.31. The van der Waals surface area contributed by atoms with Gasteiger partial charge in [0, 0.05) is 23.7 Å². The molecule has 0 atom stereocenters. The van der Waals surface area contributed by atoms with Gasteiger partial charge in [-0.05, 0) is 36.1 Å². The van der Waals surface area contributed by atoms with Crippen LogP contribution in [0.4, 0.5) is 0 Å². The number of nitriles is 4. The maximum Gasteiger partial charge on any atom is 0.137 e. The first-order valence-corrected chi connectivity index (χ1v) is 6.39. The molecule has 2 N–H and O–H groups in total. The minimum atomic E-state index is -0.204. The fraction of sp³-hybridized carbons (Fsp3) is 0.250. The Morgan fingerprint density at radius 2 is 1.05 bits per heavy atom. The van der Waals surface area contributed by atoms with E-state index in [9.17, 15) is 0 Å². The van der Waals surface area contributed by atoms with E-state index in [1.165, 1.54) is 12.1 Å². The number of nitrogens with zero attached hydrogens (tertiary/aromatic N) is 4. The van der Waals surface area contributed by atoms with E-state index in [1.54, 1.807) is 24.3 Å². The van der Waals surface area contributed by atoms with Crippen LogP contribution in [-0.4, -0.2) is 23.4 Å². The lowest BCUT2D eigenvalue weighted by Crippen LogP contribution is -2.24. The van der Waals surface area contributed by atoms with Gasteiger partial charge in [-0.15, -0.1) is 0 Å². The molecule has 0 saturated heterocycles. The molecule has 0 aromatic heterocycles. The summed E-state index contributed by atoms with van der Waals surface area (Å²) in [6.45, 7) is -0.408. The average Bonchev–Trinajstić information content (AvgIpc) is 2.53. The van der Waals surface area contributed by atoms with Crippen LogP contribution in [0.15, 0.2) is 12.1 Å². The van der Waals surface area contributed by atoms with Crippen LogP contribution in [0, 0.1) is 45.3 Å². The molecule has 1 aromatic carbocycles. The molecule has 0 unspecified atom stereocenters. The van der Waals surface area contributed by atoms with Crippen molar-refractivity contribution in [2.45, 2.75) is 12.8 Å². The van der Waals surface area contributed by atoms with Crippen LogP contribution in [0.5, 0.6) is 0 Å². The second kappa shape index (κ2) is 8.20. The van der Waals surface area contributed by atoms with E-state index >= 15 is 0 Å². The van der Waals surface area contributed by atoms with Gasteiger partial charge in [0.25, 0.3) is 0 Å². The maximum atomic E-state index is 9.14. The summed E-state index contributed by atoms with van der Waals surface area (Å²) in [5.74, 6) is 0. The van der Waals surface area contributed by atoms with E-state index in [0.29, 0.717) is 21.6 Å². The Kier molecular flexibility index (Phi) is 6.30. The van der Waals surface area contributed by atoms with E-state index in [4.69, 9.17) is 31.3 Å². The van der Waals surface area contributed by atoms with Gasteiger partial charge in [0.15, 0.2) is 0 Å². The minimum Gasteiger partial charge on any atom is -0.396 e. The summed E-state index contributed by atoms with van der Waals surface area (Å²) < 4.78 is 0. The van der Waals surface area contributed by atoms with Crippen molar-refractivity contribution in [1.82, 2.24) is 0 Å². The maximum absolute atomic E-state index is 9.14. The largest absolute Gasteiger partial charge is 0.396 e. The second-order valence-electron chi connectivity index (χ2n) is 4.31. The highest BCUT2D eigenvalue weighted by molar-refractivity contribution is 5.75. The summed E-state index contributed by atoms with van der Waals surface area (Å²) in [7, 11) is 0. The van der Waals surface area contributed by atoms with Crippen molar-refractivity contribution in [3.63, 3.8) is 0 Å². The molecule has 1 aromatic rings. The molecular formula is C16H12N4O2. The van der Waals surface area contributed by atoms with Crippen molar-refractivity contribution in [3.8, 4) is 24.3 Å². The zero-order valence-corrected chi connectivity index (χ0v) is 11.7. The third kappa shape index (κ3) is 3.48. The molecule has 0 bridgehead atoms. The third-order valence-corrected chi connectivity index (χ3v) is 3.08. The highest BCUT2D eigenvalue weighted by atomic mass is 16.3. The number of benzene rings is 1. The van der Waals surface area contributed by atoms with Crippen LogP contribution in [0.3, 0.4) is 0 Å². The van der Waals surface area contributed by atoms with Crippen molar-refractivity contribution in [3.05, 3.63) is 33.7 Å². The van der Waals surface area contributed by atoms with Gasteiger partial charge in [0.05, 0.1) is 0 Å². The van der Waals surface area contributed by atoms with Gasteiger partial charge in [-0.25, -0.2) is 0 Å². The molecule has 0 fully saturated rings. The number of hydrogen-bond acceptors (Lipinski definition) is 6. The number of aliphatic hydroxyl groups excluding tert-OH is 2. The molecule has 0 spiro atoms. The fourth-order valence-electron chi connectivity index (χ4n) is 2.10. The van der Waals surface area contributed by atoms with Crippen molar-refractivity contribution < 1.29 is 10.2 Å². The van der Waals surface area contributed by atoms with E-state index in [2.05, 4.69) is 0 Å². The lowest BCUT2D eigenvalue weighted by atomic mass is 9.97. The fourth-order valence-corrected chi connectivity index (χ4v) is 2.10. The molecule has 108 valence electrons. The van der Waals surface area contributed by atoms with Crippen molar-refractivity contribution in [1.29, 1.82) is 21.0 Å². The first-order valence-electron chi connectivity index (χ1n) is 6.39. The van der Waals surface area contributed by atoms with Gasteiger partial charge in [-0.1, -0.05) is 0 Å². The summed E-state index contributed by atoms with van der Waals surface area (Å²) in [6, 6.07) is 10.2. The summed E-state index contributed by atoms with van der Waals surface area (Å²) in [6.07, 6.45) is 0.359. The number of hydrogen-bond donors (Lipinski definition) is 2. The molecule has 0 aliphatic carbocycles. The first-order chi connectivity index (χ1) is 10.7. The molecule has 0 aliphatic heterocycles. The van der Waals surface area contributed by atoms with Gasteiger partial charge in [-0.2, -0.15) is 21.0 Å². The predicted molar refractivity (Wildman–Crippen MR) is 76.5 cm³/mol. The Morgan fingerprint density at radius 1 is 0.727 bits per heavy atom. The van der Waals surface area contributed by atoms with E-state index in [0.717, 1.165) is 0 Å². The Balaban J connectivity index is 4.02. The topological polar surface area (TPSA) is 136 Å². The lowest BCUT2D eigenvalue weighted by molar-refractivity contribution is 0.298. The van der Waals surface area contributed by atoms with Gasteiger partial charge in [-0.3, -0.25) is 0 Å². The summed E-state index contributed by atoms with van der Waals surface area (Å²) in [5, 5.41) is 55.1. The molecule has 0 heterocycles. The van der Waals surface area contributed by atoms with Crippen molar-refractivity contribution >= 4 is 11.1 Å². The normalized spacial score (nSPS) is 9.00. The van der Waals surface area contributed by atoms with Gasteiger partial charge < -0.3 is 10.2 Å². The highest BCUT2D eigenvalue weighted by Crippen LogP contribution is 2.01. The van der Waals surface area contributed by atoms with Gasteiger partial charge >= 0.3 is 0 Å². The SMILES string of the molecule is N#CC(C#N)=c1cc(CCO)c(=C(C#N)C#N)cc1CCO. The monoisotopic (exact) mass is 292 g/mol. The molecule has 0 aliphatic rings. The summed E-state index contributed by atoms with van der Waals surface area (Å²) in [5.41, 5.74) is 0.759. The third-order valence-electron chi connectivity index (χ3n) is 3.08. The number of aliphatic hydroxyl groups is 2. The zero-order valence-electron chi connectivity index (χ0n) is 11.7.